The number of allylic oxidation sites excluding steroid dienone is 3. The molecule has 0 aromatic rings. The van der Waals surface area contributed by atoms with Gasteiger partial charge in [0.05, 0.1) is 39.9 Å². The zero-order valence-corrected chi connectivity index (χ0v) is 34.3. The number of unbranched alkanes of at least 4 members (excludes halogenated alkanes) is 22. The Morgan fingerprint density at radius 3 is 1.56 bits per heavy atom. The van der Waals surface area contributed by atoms with Gasteiger partial charge in [0.15, 0.2) is 0 Å². The summed E-state index contributed by atoms with van der Waals surface area (Å²) in [6, 6.07) is -0.844. The van der Waals surface area contributed by atoms with Crippen LogP contribution < -0.4 is 5.32 Å². The Morgan fingerprint density at radius 1 is 0.660 bits per heavy atom. The first-order valence-electron chi connectivity index (χ1n) is 20.7. The van der Waals surface area contributed by atoms with Gasteiger partial charge in [-0.15, -0.1) is 0 Å². The standard InChI is InChI=1S/C41H81N2O6P/c1-6-8-10-12-14-16-18-20-21-23-25-27-29-31-33-35-41(45)42-39(38-49-50(46,47)48-37-36-43(3,4)5)40(44)34-32-30-28-26-24-22-19-17-15-13-11-9-7-2/h16,18,32,34,39-40,44H,6-15,17,19-31,33,35-38H2,1-5H3,(H-,42,45,46,47)/p+1/b18-16-,34-32+. The van der Waals surface area contributed by atoms with E-state index in [1.54, 1.807) is 6.08 Å². The van der Waals surface area contributed by atoms with Gasteiger partial charge in [0.25, 0.3) is 0 Å². The molecule has 0 aliphatic rings. The van der Waals surface area contributed by atoms with E-state index < -0.39 is 20.0 Å². The van der Waals surface area contributed by atoms with E-state index in [1.807, 2.05) is 27.2 Å². The predicted molar refractivity (Wildman–Crippen MR) is 212 cm³/mol. The smallest absolute Gasteiger partial charge is 0.387 e. The lowest BCUT2D eigenvalue weighted by Crippen LogP contribution is -2.45. The summed E-state index contributed by atoms with van der Waals surface area (Å²) in [6.45, 7) is 4.78. The van der Waals surface area contributed by atoms with Crippen LogP contribution in [0.3, 0.4) is 0 Å². The maximum atomic E-state index is 12.8. The molecule has 1 amide bonds. The monoisotopic (exact) mass is 730 g/mol. The first kappa shape index (κ1) is 49.0. The molecule has 296 valence electrons. The Morgan fingerprint density at radius 2 is 1.08 bits per heavy atom. The number of aliphatic hydroxyl groups is 1. The highest BCUT2D eigenvalue weighted by Crippen LogP contribution is 2.43. The average molecular weight is 730 g/mol. The van der Waals surface area contributed by atoms with Crippen molar-refractivity contribution >= 4 is 13.7 Å². The third-order valence-corrected chi connectivity index (χ3v) is 10.1. The highest BCUT2D eigenvalue weighted by Gasteiger charge is 2.27. The molecule has 0 radical (unpaired) electrons. The Kier molecular flexibility index (Phi) is 33.1. The summed E-state index contributed by atoms with van der Waals surface area (Å²) in [6.07, 6.45) is 38.0. The van der Waals surface area contributed by atoms with Crippen LogP contribution in [0.25, 0.3) is 0 Å². The van der Waals surface area contributed by atoms with Crippen LogP contribution in [-0.4, -0.2) is 73.4 Å². The number of hydrogen-bond donors (Lipinski definition) is 3. The van der Waals surface area contributed by atoms with E-state index in [4.69, 9.17) is 9.05 Å². The van der Waals surface area contributed by atoms with Gasteiger partial charge in [-0.05, 0) is 44.9 Å². The van der Waals surface area contributed by atoms with Crippen LogP contribution in [0, 0.1) is 0 Å². The number of carbonyl (C=O) groups excluding carboxylic acids is 1. The molecular weight excluding hydrogens is 647 g/mol. The van der Waals surface area contributed by atoms with Crippen LogP contribution >= 0.6 is 7.82 Å². The number of phosphoric ester groups is 1. The Bertz CT molecular complexity index is 876. The summed E-state index contributed by atoms with van der Waals surface area (Å²) in [5.41, 5.74) is 0. The maximum absolute atomic E-state index is 12.8. The van der Waals surface area contributed by atoms with Gasteiger partial charge < -0.3 is 19.8 Å². The minimum atomic E-state index is -4.33. The van der Waals surface area contributed by atoms with Gasteiger partial charge in [-0.25, -0.2) is 4.57 Å². The van der Waals surface area contributed by atoms with Crippen molar-refractivity contribution < 1.29 is 32.9 Å². The van der Waals surface area contributed by atoms with Crippen LogP contribution in [0.4, 0.5) is 0 Å². The summed E-state index contributed by atoms with van der Waals surface area (Å²) >= 11 is 0. The molecule has 8 nitrogen and oxygen atoms in total. The van der Waals surface area contributed by atoms with Crippen molar-refractivity contribution in [2.45, 2.75) is 193 Å². The molecule has 0 saturated carbocycles. The first-order chi connectivity index (χ1) is 24.0. The molecule has 0 spiro atoms. The van der Waals surface area contributed by atoms with Gasteiger partial charge >= 0.3 is 7.82 Å². The van der Waals surface area contributed by atoms with Gasteiger partial charge in [-0.2, -0.15) is 0 Å². The second-order valence-corrected chi connectivity index (χ2v) is 16.8. The van der Waals surface area contributed by atoms with Crippen molar-refractivity contribution in [3.63, 3.8) is 0 Å². The second-order valence-electron chi connectivity index (χ2n) is 15.4. The van der Waals surface area contributed by atoms with E-state index in [1.165, 1.54) is 122 Å². The Balaban J connectivity index is 4.48. The van der Waals surface area contributed by atoms with Crippen molar-refractivity contribution in [2.24, 2.45) is 0 Å². The van der Waals surface area contributed by atoms with E-state index in [2.05, 4.69) is 31.3 Å². The summed E-state index contributed by atoms with van der Waals surface area (Å²) in [5, 5.41) is 13.8. The third-order valence-electron chi connectivity index (χ3n) is 9.17. The number of phosphoric acid groups is 1. The number of nitrogens with zero attached hydrogens (tertiary/aromatic N) is 1. The number of hydrogen-bond acceptors (Lipinski definition) is 5. The molecule has 3 atom stereocenters. The van der Waals surface area contributed by atoms with Gasteiger partial charge in [0.1, 0.15) is 13.2 Å². The summed E-state index contributed by atoms with van der Waals surface area (Å²) in [5.74, 6) is -0.184. The lowest BCUT2D eigenvalue weighted by atomic mass is 10.0. The number of amides is 1. The summed E-state index contributed by atoms with van der Waals surface area (Å²) in [4.78, 5) is 23.0. The quantitative estimate of drug-likeness (QED) is 0.0254. The zero-order chi connectivity index (χ0) is 37.2. The Labute approximate surface area is 309 Å². The normalized spacial score (nSPS) is 14.8. The topological polar surface area (TPSA) is 105 Å². The average Bonchev–Trinajstić information content (AvgIpc) is 3.06. The molecule has 0 fully saturated rings. The van der Waals surface area contributed by atoms with Crippen LogP contribution in [-0.2, 0) is 18.4 Å². The fourth-order valence-electron chi connectivity index (χ4n) is 5.80. The molecule has 0 aliphatic carbocycles. The summed E-state index contributed by atoms with van der Waals surface area (Å²) in [7, 11) is 1.57. The van der Waals surface area contributed by atoms with Gasteiger partial charge in [0, 0.05) is 6.42 Å². The largest absolute Gasteiger partial charge is 0.472 e. The number of quaternary nitrogens is 1. The maximum Gasteiger partial charge on any atom is 0.472 e. The number of rotatable bonds is 37. The van der Waals surface area contributed by atoms with E-state index in [0.29, 0.717) is 17.4 Å². The molecule has 0 rings (SSSR count). The zero-order valence-electron chi connectivity index (χ0n) is 33.4. The van der Waals surface area contributed by atoms with Crippen molar-refractivity contribution in [1.82, 2.24) is 5.32 Å². The number of nitrogens with one attached hydrogen (secondary N) is 1. The molecule has 0 saturated heterocycles. The summed E-state index contributed by atoms with van der Waals surface area (Å²) < 4.78 is 23.5. The minimum Gasteiger partial charge on any atom is -0.387 e. The van der Waals surface area contributed by atoms with Crippen LogP contribution in [0.2, 0.25) is 0 Å². The molecule has 0 bridgehead atoms. The van der Waals surface area contributed by atoms with Crippen LogP contribution in [0.15, 0.2) is 24.3 Å². The fraction of sp³-hybridized carbons (Fsp3) is 0.878. The molecule has 0 aromatic carbocycles. The number of likely N-dealkylation sites (N-methyl/N-ethyl adjacent to an activating group) is 1. The molecule has 9 heteroatoms. The number of carbonyl (C=O) groups is 1. The van der Waals surface area contributed by atoms with Gasteiger partial charge in [0.2, 0.25) is 5.91 Å². The lowest BCUT2D eigenvalue weighted by Gasteiger charge is -2.25. The van der Waals surface area contributed by atoms with Crippen molar-refractivity contribution in [1.29, 1.82) is 0 Å². The Hall–Kier alpha value is -1.02. The minimum absolute atomic E-state index is 0.0615. The van der Waals surface area contributed by atoms with E-state index in [-0.39, 0.29) is 19.1 Å². The van der Waals surface area contributed by atoms with Gasteiger partial charge in [-0.3, -0.25) is 13.8 Å². The molecule has 3 unspecified atom stereocenters. The molecular formula is C41H82N2O6P+. The van der Waals surface area contributed by atoms with E-state index in [0.717, 1.165) is 38.5 Å². The van der Waals surface area contributed by atoms with Crippen molar-refractivity contribution in [3.8, 4) is 0 Å². The first-order valence-corrected chi connectivity index (χ1v) is 22.2. The van der Waals surface area contributed by atoms with Crippen molar-refractivity contribution in [3.05, 3.63) is 24.3 Å². The van der Waals surface area contributed by atoms with Crippen LogP contribution in [0.5, 0.6) is 0 Å². The SMILES string of the molecule is CCCCCC/C=C\CCCCCCCCCC(=O)NC(COP(=O)(O)OCC[N+](C)(C)C)C(O)/C=C/CCCCCCCCCCCCC. The highest BCUT2D eigenvalue weighted by atomic mass is 31.2. The highest BCUT2D eigenvalue weighted by molar-refractivity contribution is 7.47. The molecule has 0 aliphatic heterocycles. The van der Waals surface area contributed by atoms with Crippen molar-refractivity contribution in [2.75, 3.05) is 40.9 Å². The lowest BCUT2D eigenvalue weighted by molar-refractivity contribution is -0.870. The van der Waals surface area contributed by atoms with Crippen LogP contribution in [0.1, 0.15) is 181 Å². The third kappa shape index (κ3) is 35.4. The molecule has 3 N–H and O–H groups in total. The predicted octanol–water partition coefficient (Wildman–Crippen LogP) is 11.0. The molecule has 50 heavy (non-hydrogen) atoms. The molecule has 0 heterocycles. The van der Waals surface area contributed by atoms with E-state index in [9.17, 15) is 19.4 Å². The molecule has 0 aromatic heterocycles. The number of aliphatic hydroxyl groups excluding tert-OH is 1. The van der Waals surface area contributed by atoms with E-state index >= 15 is 0 Å². The second kappa shape index (κ2) is 33.8. The van der Waals surface area contributed by atoms with Gasteiger partial charge in [-0.1, -0.05) is 154 Å². The fourth-order valence-corrected chi connectivity index (χ4v) is 6.53.